The lowest BCUT2D eigenvalue weighted by Crippen LogP contribution is -2.26. The summed E-state index contributed by atoms with van der Waals surface area (Å²) >= 11 is 3.42. The maximum Gasteiger partial charge on any atom is 0.253 e. The topological polar surface area (TPSA) is 38.8 Å². The fraction of sp³-hybridized carbons (Fsp3) is 0.350. The average Bonchev–Trinajstić information content (AvgIpc) is 3.15. The van der Waals surface area contributed by atoms with Gasteiger partial charge in [0.1, 0.15) is 12.4 Å². The monoisotopic (exact) mass is 403 g/mol. The first-order chi connectivity index (χ1) is 12.1. The molecule has 1 unspecified atom stereocenters. The fourth-order valence-electron chi connectivity index (χ4n) is 2.81. The van der Waals surface area contributed by atoms with Gasteiger partial charge in [-0.05, 0) is 54.8 Å². The van der Waals surface area contributed by atoms with Gasteiger partial charge in [0.25, 0.3) is 5.91 Å². The van der Waals surface area contributed by atoms with Gasteiger partial charge < -0.3 is 14.4 Å². The Bertz CT molecular complexity index is 694. The zero-order valence-corrected chi connectivity index (χ0v) is 15.9. The lowest BCUT2D eigenvalue weighted by atomic mass is 10.1. The second-order valence-corrected chi connectivity index (χ2v) is 7.17. The minimum Gasteiger partial charge on any atom is -0.491 e. The third kappa shape index (κ3) is 5.06. The maximum atomic E-state index is 12.6. The number of hydrogen-bond donors (Lipinski definition) is 0. The predicted octanol–water partition coefficient (Wildman–Crippen LogP) is 4.28. The molecular formula is C20H22BrNO3. The van der Waals surface area contributed by atoms with Crippen molar-refractivity contribution in [3.8, 4) is 5.75 Å². The molecule has 0 bridgehead atoms. The Morgan fingerprint density at radius 1 is 1.20 bits per heavy atom. The van der Waals surface area contributed by atoms with Gasteiger partial charge in [0.05, 0.1) is 6.10 Å². The summed E-state index contributed by atoms with van der Waals surface area (Å²) in [7, 11) is 1.81. The van der Waals surface area contributed by atoms with Crippen molar-refractivity contribution in [3.05, 3.63) is 64.1 Å². The third-order valence-corrected chi connectivity index (χ3v) is 4.77. The molecule has 1 atom stereocenters. The van der Waals surface area contributed by atoms with Gasteiger partial charge in [0.15, 0.2) is 0 Å². The normalized spacial score (nSPS) is 16.6. The standard InChI is InChI=1S/C20H22BrNO3/c1-22(13-15-4-8-17(21)9-5-15)20(23)16-6-10-18(11-7-16)25-14-19-3-2-12-24-19/h4-11,19H,2-3,12-14H2,1H3. The van der Waals surface area contributed by atoms with Gasteiger partial charge in [-0.2, -0.15) is 0 Å². The SMILES string of the molecule is CN(Cc1ccc(Br)cc1)C(=O)c1ccc(OCC2CCCO2)cc1. The van der Waals surface area contributed by atoms with E-state index < -0.39 is 0 Å². The number of amides is 1. The van der Waals surface area contributed by atoms with Crippen LogP contribution < -0.4 is 4.74 Å². The highest BCUT2D eigenvalue weighted by molar-refractivity contribution is 9.10. The second-order valence-electron chi connectivity index (χ2n) is 6.26. The lowest BCUT2D eigenvalue weighted by molar-refractivity contribution is 0.0679. The van der Waals surface area contributed by atoms with Crippen molar-refractivity contribution in [2.75, 3.05) is 20.3 Å². The Morgan fingerprint density at radius 2 is 1.92 bits per heavy atom. The van der Waals surface area contributed by atoms with Gasteiger partial charge in [-0.3, -0.25) is 4.79 Å². The Hall–Kier alpha value is -1.85. The number of nitrogens with zero attached hydrogens (tertiary/aromatic N) is 1. The van der Waals surface area contributed by atoms with Crippen LogP contribution in [0.4, 0.5) is 0 Å². The summed E-state index contributed by atoms with van der Waals surface area (Å²) in [6, 6.07) is 15.3. The first-order valence-corrected chi connectivity index (χ1v) is 9.25. The van der Waals surface area contributed by atoms with Crippen LogP contribution >= 0.6 is 15.9 Å². The highest BCUT2D eigenvalue weighted by Gasteiger charge is 2.16. The molecule has 1 heterocycles. The number of ether oxygens (including phenoxy) is 2. The van der Waals surface area contributed by atoms with Crippen molar-refractivity contribution >= 4 is 21.8 Å². The molecule has 0 N–H and O–H groups in total. The molecule has 0 aliphatic carbocycles. The van der Waals surface area contributed by atoms with Crippen LogP contribution in [0.3, 0.4) is 0 Å². The van der Waals surface area contributed by atoms with Crippen LogP contribution in [0.1, 0.15) is 28.8 Å². The smallest absolute Gasteiger partial charge is 0.253 e. The van der Waals surface area contributed by atoms with E-state index in [0.29, 0.717) is 18.7 Å². The molecule has 25 heavy (non-hydrogen) atoms. The van der Waals surface area contributed by atoms with Crippen LogP contribution in [0.15, 0.2) is 53.0 Å². The molecule has 1 saturated heterocycles. The van der Waals surface area contributed by atoms with Crippen molar-refractivity contribution in [1.29, 1.82) is 0 Å². The van der Waals surface area contributed by atoms with Crippen molar-refractivity contribution in [2.45, 2.75) is 25.5 Å². The number of hydrogen-bond acceptors (Lipinski definition) is 3. The molecule has 1 fully saturated rings. The molecular weight excluding hydrogens is 382 g/mol. The number of carbonyl (C=O) groups is 1. The lowest BCUT2D eigenvalue weighted by Gasteiger charge is -2.18. The predicted molar refractivity (Wildman–Crippen MR) is 101 cm³/mol. The zero-order chi connectivity index (χ0) is 17.6. The first kappa shape index (κ1) is 18.0. The van der Waals surface area contributed by atoms with E-state index in [9.17, 15) is 4.79 Å². The number of benzene rings is 2. The summed E-state index contributed by atoms with van der Waals surface area (Å²) in [6.45, 7) is 1.96. The summed E-state index contributed by atoms with van der Waals surface area (Å²) in [4.78, 5) is 14.3. The number of halogens is 1. The van der Waals surface area contributed by atoms with Crippen LogP contribution in [0.5, 0.6) is 5.75 Å². The largest absolute Gasteiger partial charge is 0.491 e. The number of rotatable bonds is 6. The van der Waals surface area contributed by atoms with E-state index in [1.54, 1.807) is 4.90 Å². The summed E-state index contributed by atoms with van der Waals surface area (Å²) in [5.41, 5.74) is 1.75. The molecule has 4 nitrogen and oxygen atoms in total. The summed E-state index contributed by atoms with van der Waals surface area (Å²) in [6.07, 6.45) is 2.35. The first-order valence-electron chi connectivity index (χ1n) is 8.46. The van der Waals surface area contributed by atoms with Crippen LogP contribution in [0.25, 0.3) is 0 Å². The van der Waals surface area contributed by atoms with Gasteiger partial charge >= 0.3 is 0 Å². The fourth-order valence-corrected chi connectivity index (χ4v) is 3.08. The molecule has 0 radical (unpaired) electrons. The Labute approximate surface area is 156 Å². The molecule has 0 spiro atoms. The Morgan fingerprint density at radius 3 is 2.56 bits per heavy atom. The molecule has 1 aliphatic rings. The summed E-state index contributed by atoms with van der Waals surface area (Å²) < 4.78 is 12.3. The van der Waals surface area contributed by atoms with Crippen molar-refractivity contribution < 1.29 is 14.3 Å². The van der Waals surface area contributed by atoms with E-state index in [4.69, 9.17) is 9.47 Å². The van der Waals surface area contributed by atoms with Gasteiger partial charge in [0.2, 0.25) is 0 Å². The minimum absolute atomic E-state index is 0.00593. The van der Waals surface area contributed by atoms with Crippen LogP contribution in [-0.4, -0.2) is 37.2 Å². The van der Waals surface area contributed by atoms with E-state index in [1.807, 2.05) is 55.6 Å². The van der Waals surface area contributed by atoms with Crippen molar-refractivity contribution in [1.82, 2.24) is 4.90 Å². The van der Waals surface area contributed by atoms with Crippen LogP contribution in [0.2, 0.25) is 0 Å². The molecule has 2 aromatic rings. The molecule has 2 aromatic carbocycles. The highest BCUT2D eigenvalue weighted by Crippen LogP contribution is 2.18. The Balaban J connectivity index is 1.54. The molecule has 3 rings (SSSR count). The minimum atomic E-state index is -0.00593. The quantitative estimate of drug-likeness (QED) is 0.722. The van der Waals surface area contributed by atoms with Gasteiger partial charge in [0, 0.05) is 30.2 Å². The number of carbonyl (C=O) groups excluding carboxylic acids is 1. The van der Waals surface area contributed by atoms with Crippen molar-refractivity contribution in [3.63, 3.8) is 0 Å². The van der Waals surface area contributed by atoms with E-state index in [1.165, 1.54) is 0 Å². The third-order valence-electron chi connectivity index (χ3n) is 4.24. The second kappa shape index (κ2) is 8.50. The highest BCUT2D eigenvalue weighted by atomic mass is 79.9. The average molecular weight is 404 g/mol. The molecule has 0 saturated carbocycles. The molecule has 5 heteroatoms. The van der Waals surface area contributed by atoms with E-state index >= 15 is 0 Å². The zero-order valence-electron chi connectivity index (χ0n) is 14.3. The maximum absolute atomic E-state index is 12.6. The van der Waals surface area contributed by atoms with E-state index in [2.05, 4.69) is 15.9 Å². The van der Waals surface area contributed by atoms with E-state index in [-0.39, 0.29) is 12.0 Å². The molecule has 1 amide bonds. The summed E-state index contributed by atoms with van der Waals surface area (Å²) in [5.74, 6) is 0.760. The van der Waals surface area contributed by atoms with Gasteiger partial charge in [-0.25, -0.2) is 0 Å². The van der Waals surface area contributed by atoms with Crippen LogP contribution in [0, 0.1) is 0 Å². The molecule has 1 aliphatic heterocycles. The van der Waals surface area contributed by atoms with Gasteiger partial charge in [-0.15, -0.1) is 0 Å². The van der Waals surface area contributed by atoms with Crippen LogP contribution in [-0.2, 0) is 11.3 Å². The van der Waals surface area contributed by atoms with Gasteiger partial charge in [-0.1, -0.05) is 28.1 Å². The van der Waals surface area contributed by atoms with Crippen molar-refractivity contribution in [2.24, 2.45) is 0 Å². The molecule has 132 valence electrons. The van der Waals surface area contributed by atoms with E-state index in [0.717, 1.165) is 35.2 Å². The molecule has 0 aromatic heterocycles. The Kier molecular flexibility index (Phi) is 6.10. The summed E-state index contributed by atoms with van der Waals surface area (Å²) in [5, 5.41) is 0.